The van der Waals surface area contributed by atoms with Gasteiger partial charge in [-0.15, -0.1) is 0 Å². The predicted octanol–water partition coefficient (Wildman–Crippen LogP) is 1.99. The van der Waals surface area contributed by atoms with Gasteiger partial charge < -0.3 is 10.5 Å². The zero-order chi connectivity index (χ0) is 12.3. The fourth-order valence-electron chi connectivity index (χ4n) is 1.03. The lowest BCUT2D eigenvalue weighted by Gasteiger charge is -2.23. The van der Waals surface area contributed by atoms with Gasteiger partial charge in [0, 0.05) is 5.69 Å². The first-order chi connectivity index (χ1) is 7.34. The number of thiocarbonyl (C=S) groups is 1. The molecule has 5 heteroatoms. The molecule has 0 saturated heterocycles. The Morgan fingerprint density at radius 2 is 2.12 bits per heavy atom. The van der Waals surface area contributed by atoms with Crippen molar-refractivity contribution in [2.24, 2.45) is 5.73 Å². The molecule has 0 saturated carbocycles. The highest BCUT2D eigenvalue weighted by Crippen LogP contribution is 2.17. The minimum absolute atomic E-state index is 0.254. The van der Waals surface area contributed by atoms with E-state index in [1.54, 1.807) is 6.07 Å². The van der Waals surface area contributed by atoms with E-state index in [9.17, 15) is 0 Å². The third-order valence-corrected chi connectivity index (χ3v) is 2.51. The molecule has 2 N–H and O–H groups in total. The fourth-order valence-corrected chi connectivity index (χ4v) is 1.14. The van der Waals surface area contributed by atoms with E-state index in [1.807, 2.05) is 27.7 Å². The van der Waals surface area contributed by atoms with Crippen molar-refractivity contribution in [3.05, 3.63) is 17.5 Å². The molecule has 0 aliphatic carbocycles. The minimum atomic E-state index is -0.290. The van der Waals surface area contributed by atoms with Crippen molar-refractivity contribution in [3.63, 3.8) is 0 Å². The highest BCUT2D eigenvalue weighted by Gasteiger charge is 2.19. The molecule has 0 fully saturated rings. The van der Waals surface area contributed by atoms with Crippen LogP contribution in [-0.2, 0) is 0 Å². The van der Waals surface area contributed by atoms with Crippen molar-refractivity contribution in [2.75, 3.05) is 0 Å². The summed E-state index contributed by atoms with van der Waals surface area (Å²) in [6.45, 7) is 7.87. The molecule has 1 rings (SSSR count). The summed E-state index contributed by atoms with van der Waals surface area (Å²) in [7, 11) is 0. The van der Waals surface area contributed by atoms with E-state index < -0.39 is 0 Å². The average Bonchev–Trinajstić information content (AvgIpc) is 2.16. The van der Waals surface area contributed by atoms with Crippen molar-refractivity contribution in [3.8, 4) is 6.01 Å². The molecule has 1 aromatic rings. The number of aromatic nitrogens is 2. The molecule has 4 nitrogen and oxygen atoms in total. The quantitative estimate of drug-likeness (QED) is 0.814. The topological polar surface area (TPSA) is 61.0 Å². The summed E-state index contributed by atoms with van der Waals surface area (Å²) in [5, 5.41) is 0. The van der Waals surface area contributed by atoms with E-state index in [1.165, 1.54) is 0 Å². The van der Waals surface area contributed by atoms with E-state index in [-0.39, 0.29) is 10.6 Å². The Hall–Kier alpha value is -1.23. The van der Waals surface area contributed by atoms with E-state index >= 15 is 0 Å². The lowest BCUT2D eigenvalue weighted by molar-refractivity contribution is 0.0922. The van der Waals surface area contributed by atoms with Gasteiger partial charge in [-0.05, 0) is 33.3 Å². The van der Waals surface area contributed by atoms with Gasteiger partial charge in [0.05, 0.1) is 0 Å². The summed E-state index contributed by atoms with van der Waals surface area (Å²) >= 11 is 4.88. The van der Waals surface area contributed by atoms with Gasteiger partial charge in [0.1, 0.15) is 16.3 Å². The standard InChI is InChI=1S/C11H17N3OS/c1-5-11(3,4)15-10-13-7(2)6-8(14-10)9(12)16/h6H,5H2,1-4H3,(H2,12,16). The van der Waals surface area contributed by atoms with Gasteiger partial charge in [-0.2, -0.15) is 4.98 Å². The van der Waals surface area contributed by atoms with Crippen LogP contribution in [0.25, 0.3) is 0 Å². The van der Waals surface area contributed by atoms with Gasteiger partial charge in [-0.1, -0.05) is 19.1 Å². The van der Waals surface area contributed by atoms with Crippen LogP contribution in [-0.4, -0.2) is 20.6 Å². The van der Waals surface area contributed by atoms with Crippen LogP contribution in [0.5, 0.6) is 6.01 Å². The Morgan fingerprint density at radius 3 is 2.62 bits per heavy atom. The molecule has 0 bridgehead atoms. The molecule has 0 radical (unpaired) electrons. The van der Waals surface area contributed by atoms with Crippen LogP contribution in [0, 0.1) is 6.92 Å². The lowest BCUT2D eigenvalue weighted by atomic mass is 10.1. The first-order valence-corrected chi connectivity index (χ1v) is 5.59. The van der Waals surface area contributed by atoms with Crippen molar-refractivity contribution in [2.45, 2.75) is 39.7 Å². The molecular formula is C11H17N3OS. The number of aryl methyl sites for hydroxylation is 1. The second-order valence-electron chi connectivity index (χ2n) is 4.26. The van der Waals surface area contributed by atoms with Crippen molar-refractivity contribution < 1.29 is 4.74 Å². The number of rotatable bonds is 4. The Morgan fingerprint density at radius 1 is 1.50 bits per heavy atom. The average molecular weight is 239 g/mol. The Labute approximate surface area is 101 Å². The zero-order valence-electron chi connectivity index (χ0n) is 10.1. The summed E-state index contributed by atoms with van der Waals surface area (Å²) in [5.74, 6) is 0. The second-order valence-corrected chi connectivity index (χ2v) is 4.70. The van der Waals surface area contributed by atoms with Crippen LogP contribution in [0.15, 0.2) is 6.07 Å². The molecule has 1 heterocycles. The van der Waals surface area contributed by atoms with Gasteiger partial charge in [0.25, 0.3) is 0 Å². The zero-order valence-corrected chi connectivity index (χ0v) is 10.9. The maximum atomic E-state index is 5.69. The van der Waals surface area contributed by atoms with E-state index in [0.717, 1.165) is 12.1 Å². The molecule has 1 aromatic heterocycles. The number of nitrogens with zero attached hydrogens (tertiary/aromatic N) is 2. The van der Waals surface area contributed by atoms with Crippen molar-refractivity contribution in [1.82, 2.24) is 9.97 Å². The largest absolute Gasteiger partial charge is 0.457 e. The van der Waals surface area contributed by atoms with Crippen LogP contribution in [0.4, 0.5) is 0 Å². The van der Waals surface area contributed by atoms with E-state index in [4.69, 9.17) is 22.7 Å². The minimum Gasteiger partial charge on any atom is -0.457 e. The van der Waals surface area contributed by atoms with Crippen molar-refractivity contribution >= 4 is 17.2 Å². The molecule has 88 valence electrons. The summed E-state index contributed by atoms with van der Waals surface area (Å²) in [5.41, 5.74) is 6.58. The predicted molar refractivity (Wildman–Crippen MR) is 67.7 cm³/mol. The van der Waals surface area contributed by atoms with Crippen LogP contribution >= 0.6 is 12.2 Å². The molecule has 16 heavy (non-hydrogen) atoms. The molecule has 0 unspecified atom stereocenters. The first kappa shape index (κ1) is 12.8. The van der Waals surface area contributed by atoms with E-state index in [0.29, 0.717) is 11.7 Å². The highest BCUT2D eigenvalue weighted by atomic mass is 32.1. The maximum absolute atomic E-state index is 5.69. The molecule has 0 aliphatic heterocycles. The van der Waals surface area contributed by atoms with Crippen LogP contribution in [0.1, 0.15) is 38.6 Å². The van der Waals surface area contributed by atoms with Gasteiger partial charge in [-0.3, -0.25) is 0 Å². The Bertz CT molecular complexity index is 404. The van der Waals surface area contributed by atoms with Crippen LogP contribution in [0.2, 0.25) is 0 Å². The molecule has 0 aliphatic rings. The van der Waals surface area contributed by atoms with Gasteiger partial charge >= 0.3 is 6.01 Å². The third kappa shape index (κ3) is 3.41. The second kappa shape index (κ2) is 4.74. The van der Waals surface area contributed by atoms with Crippen LogP contribution < -0.4 is 10.5 Å². The SMILES string of the molecule is CCC(C)(C)Oc1nc(C)cc(C(N)=S)n1. The summed E-state index contributed by atoms with van der Waals surface area (Å²) in [6, 6.07) is 2.07. The van der Waals surface area contributed by atoms with E-state index in [2.05, 4.69) is 9.97 Å². The number of hydrogen-bond acceptors (Lipinski definition) is 4. The number of ether oxygens (including phenoxy) is 1. The van der Waals surface area contributed by atoms with Gasteiger partial charge in [0.2, 0.25) is 0 Å². The summed E-state index contributed by atoms with van der Waals surface area (Å²) in [6.07, 6.45) is 0.868. The fraction of sp³-hybridized carbons (Fsp3) is 0.545. The Kier molecular flexibility index (Phi) is 3.80. The molecule has 0 aromatic carbocycles. The summed E-state index contributed by atoms with van der Waals surface area (Å²) < 4.78 is 5.69. The molecule has 0 spiro atoms. The van der Waals surface area contributed by atoms with Crippen molar-refractivity contribution in [1.29, 1.82) is 0 Å². The highest BCUT2D eigenvalue weighted by molar-refractivity contribution is 7.80. The van der Waals surface area contributed by atoms with Gasteiger partial charge in [-0.25, -0.2) is 4.98 Å². The number of hydrogen-bond donors (Lipinski definition) is 1. The smallest absolute Gasteiger partial charge is 0.317 e. The maximum Gasteiger partial charge on any atom is 0.317 e. The molecule has 0 atom stereocenters. The number of nitrogens with two attached hydrogens (primary N) is 1. The molecular weight excluding hydrogens is 222 g/mol. The monoisotopic (exact) mass is 239 g/mol. The van der Waals surface area contributed by atoms with Gasteiger partial charge in [0.15, 0.2) is 0 Å². The first-order valence-electron chi connectivity index (χ1n) is 5.18. The molecule has 0 amide bonds. The summed E-state index contributed by atoms with van der Waals surface area (Å²) in [4.78, 5) is 8.62. The van der Waals surface area contributed by atoms with Crippen LogP contribution in [0.3, 0.4) is 0 Å². The Balaban J connectivity index is 3.01. The third-order valence-electron chi connectivity index (χ3n) is 2.31. The normalized spacial score (nSPS) is 11.2. The lowest BCUT2D eigenvalue weighted by Crippen LogP contribution is -2.28.